The van der Waals surface area contributed by atoms with E-state index in [1.54, 1.807) is 18.3 Å². The number of nitrogens with one attached hydrogen (secondary N) is 1. The van der Waals surface area contributed by atoms with Gasteiger partial charge in [0.25, 0.3) is 0 Å². The Balaban J connectivity index is 1.51. The molecule has 0 bridgehead atoms. The summed E-state index contributed by atoms with van der Waals surface area (Å²) in [6.07, 6.45) is 1.65. The number of aromatic nitrogens is 1. The molecule has 3 amide bonds. The molecule has 1 fully saturated rings. The third-order valence-corrected chi connectivity index (χ3v) is 4.38. The maximum atomic E-state index is 12.4. The quantitative estimate of drug-likeness (QED) is 0.770. The number of carbonyl (C=O) groups excluding carboxylic acids is 3. The molecule has 2 aromatic rings. The fourth-order valence-corrected chi connectivity index (χ4v) is 2.97. The van der Waals surface area contributed by atoms with E-state index in [9.17, 15) is 14.4 Å². The predicted molar refractivity (Wildman–Crippen MR) is 99.3 cm³/mol. The first-order chi connectivity index (χ1) is 13.0. The molecular formula is C20H22N4O3. The summed E-state index contributed by atoms with van der Waals surface area (Å²) in [5.41, 5.74) is 2.82. The monoisotopic (exact) mass is 366 g/mol. The molecule has 0 radical (unpaired) electrons. The lowest BCUT2D eigenvalue weighted by Gasteiger charge is -2.33. The molecule has 1 aliphatic heterocycles. The van der Waals surface area contributed by atoms with E-state index in [0.29, 0.717) is 19.6 Å². The Bertz CT molecular complexity index is 838. The number of hydrogen-bond acceptors (Lipinski definition) is 4. The number of amides is 3. The molecule has 0 unspecified atom stereocenters. The minimum atomic E-state index is -0.637. The van der Waals surface area contributed by atoms with E-state index in [2.05, 4.69) is 10.3 Å². The largest absolute Gasteiger partial charge is 0.349 e. The fourth-order valence-electron chi connectivity index (χ4n) is 2.97. The van der Waals surface area contributed by atoms with E-state index in [1.807, 2.05) is 37.3 Å². The van der Waals surface area contributed by atoms with Gasteiger partial charge in [-0.3, -0.25) is 19.4 Å². The van der Waals surface area contributed by atoms with E-state index in [1.165, 1.54) is 9.80 Å². The molecule has 0 spiro atoms. The molecular weight excluding hydrogens is 344 g/mol. The van der Waals surface area contributed by atoms with Gasteiger partial charge in [-0.15, -0.1) is 0 Å². The number of carbonyl (C=O) groups is 3. The van der Waals surface area contributed by atoms with Crippen molar-refractivity contribution in [1.29, 1.82) is 0 Å². The lowest BCUT2D eigenvalue weighted by atomic mass is 10.1. The van der Waals surface area contributed by atoms with Gasteiger partial charge in [-0.25, -0.2) is 0 Å². The second kappa shape index (κ2) is 8.44. The molecule has 0 saturated carbocycles. The SMILES string of the molecule is Cc1cccc(CN2CCN(CC(=O)NCc3ccccn3)C(=O)C2=O)c1. The number of aryl methyl sites for hydroxylation is 1. The molecule has 0 atom stereocenters. The molecule has 1 N–H and O–H groups in total. The van der Waals surface area contributed by atoms with Crippen LogP contribution in [0.4, 0.5) is 0 Å². The molecule has 1 aromatic heterocycles. The van der Waals surface area contributed by atoms with Gasteiger partial charge in [0.15, 0.2) is 0 Å². The van der Waals surface area contributed by atoms with Crippen LogP contribution in [0.3, 0.4) is 0 Å². The van der Waals surface area contributed by atoms with Crippen molar-refractivity contribution in [1.82, 2.24) is 20.1 Å². The van der Waals surface area contributed by atoms with Gasteiger partial charge in [-0.1, -0.05) is 35.9 Å². The predicted octanol–water partition coefficient (Wildman–Crippen LogP) is 0.877. The van der Waals surface area contributed by atoms with E-state index >= 15 is 0 Å². The number of rotatable bonds is 6. The van der Waals surface area contributed by atoms with Crippen molar-refractivity contribution in [2.75, 3.05) is 19.6 Å². The third kappa shape index (κ3) is 4.91. The highest BCUT2D eigenvalue weighted by Crippen LogP contribution is 2.12. The average molecular weight is 366 g/mol. The normalized spacial score (nSPS) is 14.4. The van der Waals surface area contributed by atoms with E-state index < -0.39 is 11.8 Å². The van der Waals surface area contributed by atoms with Crippen LogP contribution in [0.1, 0.15) is 16.8 Å². The Hall–Kier alpha value is -3.22. The van der Waals surface area contributed by atoms with Crippen LogP contribution in [0, 0.1) is 6.92 Å². The summed E-state index contributed by atoms with van der Waals surface area (Å²) < 4.78 is 0. The number of benzene rings is 1. The van der Waals surface area contributed by atoms with Gasteiger partial charge < -0.3 is 15.1 Å². The van der Waals surface area contributed by atoms with Crippen LogP contribution in [0.2, 0.25) is 0 Å². The van der Waals surface area contributed by atoms with Crippen LogP contribution in [0.25, 0.3) is 0 Å². The lowest BCUT2D eigenvalue weighted by molar-refractivity contribution is -0.157. The number of hydrogen-bond donors (Lipinski definition) is 1. The Labute approximate surface area is 158 Å². The zero-order valence-corrected chi connectivity index (χ0v) is 15.2. The summed E-state index contributed by atoms with van der Waals surface area (Å²) in [6, 6.07) is 13.3. The van der Waals surface area contributed by atoms with Gasteiger partial charge in [0, 0.05) is 25.8 Å². The zero-order chi connectivity index (χ0) is 19.2. The third-order valence-electron chi connectivity index (χ3n) is 4.38. The molecule has 27 heavy (non-hydrogen) atoms. The second-order valence-electron chi connectivity index (χ2n) is 6.54. The number of nitrogens with zero attached hydrogens (tertiary/aromatic N) is 3. The first-order valence-electron chi connectivity index (χ1n) is 8.83. The van der Waals surface area contributed by atoms with Gasteiger partial charge in [0.2, 0.25) is 5.91 Å². The number of pyridine rings is 1. The minimum Gasteiger partial charge on any atom is -0.349 e. The van der Waals surface area contributed by atoms with E-state index in [-0.39, 0.29) is 19.0 Å². The molecule has 1 saturated heterocycles. The first kappa shape index (κ1) is 18.6. The topological polar surface area (TPSA) is 82.6 Å². The summed E-state index contributed by atoms with van der Waals surface area (Å²) in [5.74, 6) is -1.52. The Morgan fingerprint density at radius 1 is 1.07 bits per heavy atom. The Kier molecular flexibility index (Phi) is 5.80. The van der Waals surface area contributed by atoms with Gasteiger partial charge >= 0.3 is 11.8 Å². The highest BCUT2D eigenvalue weighted by molar-refractivity contribution is 6.35. The molecule has 140 valence electrons. The summed E-state index contributed by atoms with van der Waals surface area (Å²) >= 11 is 0. The van der Waals surface area contributed by atoms with Gasteiger partial charge in [0.1, 0.15) is 6.54 Å². The van der Waals surface area contributed by atoms with Crippen LogP contribution in [0.15, 0.2) is 48.7 Å². The summed E-state index contributed by atoms with van der Waals surface area (Å²) in [6.45, 7) is 3.29. The summed E-state index contributed by atoms with van der Waals surface area (Å²) in [7, 11) is 0. The van der Waals surface area contributed by atoms with Crippen molar-refractivity contribution in [2.45, 2.75) is 20.0 Å². The number of piperazine rings is 1. The smallest absolute Gasteiger partial charge is 0.312 e. The highest BCUT2D eigenvalue weighted by Gasteiger charge is 2.33. The van der Waals surface area contributed by atoms with Crippen molar-refractivity contribution >= 4 is 17.7 Å². The van der Waals surface area contributed by atoms with Crippen LogP contribution in [-0.2, 0) is 27.5 Å². The molecule has 1 aliphatic rings. The van der Waals surface area contributed by atoms with Crippen molar-refractivity contribution in [3.05, 3.63) is 65.5 Å². The van der Waals surface area contributed by atoms with Crippen molar-refractivity contribution in [2.24, 2.45) is 0 Å². The highest BCUT2D eigenvalue weighted by atomic mass is 16.2. The molecule has 7 nitrogen and oxygen atoms in total. The second-order valence-corrected chi connectivity index (χ2v) is 6.54. The minimum absolute atomic E-state index is 0.129. The molecule has 2 heterocycles. The van der Waals surface area contributed by atoms with Crippen molar-refractivity contribution in [3.63, 3.8) is 0 Å². The summed E-state index contributed by atoms with van der Waals surface area (Å²) in [4.78, 5) is 43.8. The first-order valence-corrected chi connectivity index (χ1v) is 8.83. The Morgan fingerprint density at radius 3 is 2.59 bits per heavy atom. The maximum absolute atomic E-state index is 12.4. The van der Waals surface area contributed by atoms with Crippen LogP contribution < -0.4 is 5.32 Å². The van der Waals surface area contributed by atoms with Crippen molar-refractivity contribution in [3.8, 4) is 0 Å². The van der Waals surface area contributed by atoms with Crippen LogP contribution in [-0.4, -0.2) is 52.1 Å². The fraction of sp³-hybridized carbons (Fsp3) is 0.300. The summed E-state index contributed by atoms with van der Waals surface area (Å²) in [5, 5.41) is 2.72. The molecule has 1 aromatic carbocycles. The van der Waals surface area contributed by atoms with Gasteiger partial charge in [-0.05, 0) is 24.6 Å². The van der Waals surface area contributed by atoms with Crippen LogP contribution >= 0.6 is 0 Å². The van der Waals surface area contributed by atoms with E-state index in [4.69, 9.17) is 0 Å². The molecule has 0 aliphatic carbocycles. The zero-order valence-electron chi connectivity index (χ0n) is 15.2. The maximum Gasteiger partial charge on any atom is 0.312 e. The van der Waals surface area contributed by atoms with Gasteiger partial charge in [-0.2, -0.15) is 0 Å². The average Bonchev–Trinajstić information content (AvgIpc) is 2.67. The van der Waals surface area contributed by atoms with Crippen molar-refractivity contribution < 1.29 is 14.4 Å². The van der Waals surface area contributed by atoms with Crippen LogP contribution in [0.5, 0.6) is 0 Å². The van der Waals surface area contributed by atoms with E-state index in [0.717, 1.165) is 16.8 Å². The molecule has 7 heteroatoms. The molecule has 3 rings (SSSR count). The Morgan fingerprint density at radius 2 is 1.85 bits per heavy atom. The lowest BCUT2D eigenvalue weighted by Crippen LogP contribution is -2.55. The van der Waals surface area contributed by atoms with Gasteiger partial charge in [0.05, 0.1) is 12.2 Å². The standard InChI is InChI=1S/C20H22N4O3/c1-15-5-4-6-16(11-15)13-23-9-10-24(20(27)19(23)26)14-18(25)22-12-17-7-2-3-8-21-17/h2-8,11H,9-10,12-14H2,1H3,(H,22,25).